The first kappa shape index (κ1) is 14.0. The molecule has 1 aliphatic heterocycles. The van der Waals surface area contributed by atoms with Gasteiger partial charge < -0.3 is 10.4 Å². The highest BCUT2D eigenvalue weighted by Gasteiger charge is 2.39. The average molecular weight is 242 g/mol. The molecule has 3 atom stereocenters. The minimum Gasteiger partial charge on any atom is -0.481 e. The van der Waals surface area contributed by atoms with Gasteiger partial charge in [-0.05, 0) is 34.1 Å². The molecule has 0 bridgehead atoms. The van der Waals surface area contributed by atoms with E-state index in [0.717, 1.165) is 0 Å². The molecule has 5 nitrogen and oxygen atoms in total. The van der Waals surface area contributed by atoms with Crippen molar-refractivity contribution in [2.45, 2.75) is 52.2 Å². The number of nitrogens with zero attached hydrogens (tertiary/aromatic N) is 1. The van der Waals surface area contributed by atoms with Crippen molar-refractivity contribution in [3.05, 3.63) is 0 Å². The van der Waals surface area contributed by atoms with Gasteiger partial charge in [-0.25, -0.2) is 0 Å². The zero-order valence-electron chi connectivity index (χ0n) is 10.9. The molecule has 0 saturated carbocycles. The number of hydrogen-bond acceptors (Lipinski definition) is 3. The van der Waals surface area contributed by atoms with Crippen molar-refractivity contribution < 1.29 is 14.7 Å². The lowest BCUT2D eigenvalue weighted by Gasteiger charge is -2.29. The molecule has 1 rings (SSSR count). The molecule has 0 spiro atoms. The van der Waals surface area contributed by atoms with Gasteiger partial charge in [-0.15, -0.1) is 0 Å². The van der Waals surface area contributed by atoms with Crippen LogP contribution in [0.25, 0.3) is 0 Å². The molecule has 0 aromatic rings. The summed E-state index contributed by atoms with van der Waals surface area (Å²) in [6.07, 6.45) is 0.621. The second-order valence-electron chi connectivity index (χ2n) is 5.05. The first-order chi connectivity index (χ1) is 7.84. The van der Waals surface area contributed by atoms with Crippen LogP contribution in [-0.4, -0.2) is 46.6 Å². The Bertz CT molecular complexity index is 304. The normalized spacial score (nSPS) is 27.1. The number of likely N-dealkylation sites (tertiary alicyclic amines) is 1. The first-order valence-electron chi connectivity index (χ1n) is 6.13. The van der Waals surface area contributed by atoms with Crippen LogP contribution in [0.2, 0.25) is 0 Å². The maximum Gasteiger partial charge on any atom is 0.308 e. The van der Waals surface area contributed by atoms with Gasteiger partial charge in [0.05, 0.1) is 12.0 Å². The molecular weight excluding hydrogens is 220 g/mol. The number of hydrogen-bond donors (Lipinski definition) is 2. The van der Waals surface area contributed by atoms with Gasteiger partial charge >= 0.3 is 5.97 Å². The molecule has 1 amide bonds. The van der Waals surface area contributed by atoms with Crippen molar-refractivity contribution in [3.8, 4) is 0 Å². The molecule has 1 aliphatic rings. The molecule has 1 heterocycles. The molecule has 0 aromatic carbocycles. The van der Waals surface area contributed by atoms with E-state index >= 15 is 0 Å². The van der Waals surface area contributed by atoms with Crippen LogP contribution in [0.4, 0.5) is 0 Å². The maximum atomic E-state index is 11.9. The van der Waals surface area contributed by atoms with Gasteiger partial charge in [0, 0.05) is 18.6 Å². The summed E-state index contributed by atoms with van der Waals surface area (Å²) >= 11 is 0. The number of aliphatic carboxylic acids is 1. The molecule has 0 radical (unpaired) electrons. The molecular formula is C12H22N2O3. The first-order valence-corrected chi connectivity index (χ1v) is 6.13. The van der Waals surface area contributed by atoms with E-state index in [2.05, 4.69) is 5.32 Å². The van der Waals surface area contributed by atoms with Crippen LogP contribution in [0.5, 0.6) is 0 Å². The number of carboxylic acids is 1. The second-order valence-corrected chi connectivity index (χ2v) is 5.05. The van der Waals surface area contributed by atoms with Gasteiger partial charge in [-0.2, -0.15) is 0 Å². The Morgan fingerprint density at radius 1 is 1.35 bits per heavy atom. The van der Waals surface area contributed by atoms with Gasteiger partial charge in [0.1, 0.15) is 0 Å². The predicted molar refractivity (Wildman–Crippen MR) is 64.7 cm³/mol. The van der Waals surface area contributed by atoms with Crippen molar-refractivity contribution in [2.75, 3.05) is 6.54 Å². The van der Waals surface area contributed by atoms with Gasteiger partial charge in [0.2, 0.25) is 5.91 Å². The monoisotopic (exact) mass is 242 g/mol. The topological polar surface area (TPSA) is 69.6 Å². The van der Waals surface area contributed by atoms with Gasteiger partial charge in [0.15, 0.2) is 0 Å². The van der Waals surface area contributed by atoms with E-state index < -0.39 is 5.97 Å². The highest BCUT2D eigenvalue weighted by Crippen LogP contribution is 2.26. The smallest absolute Gasteiger partial charge is 0.308 e. The molecule has 3 unspecified atom stereocenters. The number of carbonyl (C=O) groups excluding carboxylic acids is 1. The van der Waals surface area contributed by atoms with Crippen molar-refractivity contribution in [1.29, 1.82) is 0 Å². The number of rotatable bonds is 4. The van der Waals surface area contributed by atoms with Crippen LogP contribution in [0.1, 0.15) is 34.1 Å². The van der Waals surface area contributed by atoms with Crippen molar-refractivity contribution in [3.63, 3.8) is 0 Å². The Morgan fingerprint density at radius 2 is 1.94 bits per heavy atom. The summed E-state index contributed by atoms with van der Waals surface area (Å²) in [7, 11) is 0. The van der Waals surface area contributed by atoms with E-state index in [4.69, 9.17) is 5.11 Å². The molecule has 17 heavy (non-hydrogen) atoms. The predicted octanol–water partition coefficient (Wildman–Crippen LogP) is 0.695. The fraction of sp³-hybridized carbons (Fsp3) is 0.833. The lowest BCUT2D eigenvalue weighted by atomic mass is 10.0. The fourth-order valence-corrected chi connectivity index (χ4v) is 2.40. The van der Waals surface area contributed by atoms with E-state index in [9.17, 15) is 9.59 Å². The van der Waals surface area contributed by atoms with Gasteiger partial charge in [0.25, 0.3) is 0 Å². The second kappa shape index (κ2) is 5.49. The summed E-state index contributed by atoms with van der Waals surface area (Å²) in [6, 6.07) is -0.240. The number of carboxylic acid groups (broad SMARTS) is 1. The van der Waals surface area contributed by atoms with Crippen molar-refractivity contribution in [1.82, 2.24) is 10.2 Å². The zero-order chi connectivity index (χ0) is 13.2. The van der Waals surface area contributed by atoms with Gasteiger partial charge in [-0.3, -0.25) is 14.5 Å². The van der Waals surface area contributed by atoms with Crippen molar-refractivity contribution >= 4 is 11.9 Å². The van der Waals surface area contributed by atoms with E-state index in [1.54, 1.807) is 0 Å². The highest BCUT2D eigenvalue weighted by molar-refractivity contribution is 5.82. The van der Waals surface area contributed by atoms with E-state index in [0.29, 0.717) is 13.0 Å². The summed E-state index contributed by atoms with van der Waals surface area (Å²) in [5, 5.41) is 11.9. The Balaban J connectivity index is 2.62. The van der Waals surface area contributed by atoms with Crippen molar-refractivity contribution in [2.24, 2.45) is 5.92 Å². The summed E-state index contributed by atoms with van der Waals surface area (Å²) in [5.41, 5.74) is 0. The third-order valence-corrected chi connectivity index (χ3v) is 3.43. The maximum absolute atomic E-state index is 11.9. The zero-order valence-corrected chi connectivity index (χ0v) is 10.9. The molecule has 0 aliphatic carbocycles. The van der Waals surface area contributed by atoms with Crippen LogP contribution in [0, 0.1) is 5.92 Å². The number of carbonyl (C=O) groups is 2. The van der Waals surface area contributed by atoms with E-state index in [1.165, 1.54) is 0 Å². The molecule has 98 valence electrons. The SMILES string of the molecule is CC(C)NC(=O)C(C)N1CCC(C(=O)O)C1C. The lowest BCUT2D eigenvalue weighted by Crippen LogP contribution is -2.49. The lowest BCUT2D eigenvalue weighted by molar-refractivity contribution is -0.143. The third kappa shape index (κ3) is 3.19. The summed E-state index contributed by atoms with van der Waals surface area (Å²) in [6.45, 7) is 8.21. The standard InChI is InChI=1S/C12H22N2O3/c1-7(2)13-11(15)9(4)14-6-5-10(8(14)3)12(16)17/h7-10H,5-6H2,1-4H3,(H,13,15)(H,16,17). The van der Waals surface area contributed by atoms with Gasteiger partial charge in [-0.1, -0.05) is 0 Å². The average Bonchev–Trinajstić information content (AvgIpc) is 2.57. The highest BCUT2D eigenvalue weighted by atomic mass is 16.4. The quantitative estimate of drug-likeness (QED) is 0.761. The molecule has 5 heteroatoms. The Labute approximate surface area is 102 Å². The number of nitrogens with one attached hydrogen (secondary N) is 1. The minimum absolute atomic E-state index is 0.0297. The minimum atomic E-state index is -0.767. The molecule has 2 N–H and O–H groups in total. The van der Waals surface area contributed by atoms with Crippen LogP contribution >= 0.6 is 0 Å². The molecule has 1 fully saturated rings. The molecule has 0 aromatic heterocycles. The van der Waals surface area contributed by atoms with Crippen LogP contribution in [0.3, 0.4) is 0 Å². The fourth-order valence-electron chi connectivity index (χ4n) is 2.40. The largest absolute Gasteiger partial charge is 0.481 e. The van der Waals surface area contributed by atoms with Crippen LogP contribution in [-0.2, 0) is 9.59 Å². The Hall–Kier alpha value is -1.10. The Kier molecular flexibility index (Phi) is 4.51. The van der Waals surface area contributed by atoms with E-state index in [1.807, 2.05) is 32.6 Å². The summed E-state index contributed by atoms with van der Waals surface area (Å²) in [5.74, 6) is -1.15. The number of amides is 1. The third-order valence-electron chi connectivity index (χ3n) is 3.43. The summed E-state index contributed by atoms with van der Waals surface area (Å²) < 4.78 is 0. The summed E-state index contributed by atoms with van der Waals surface area (Å²) in [4.78, 5) is 24.8. The molecule has 1 saturated heterocycles. The Morgan fingerprint density at radius 3 is 2.35 bits per heavy atom. The van der Waals surface area contributed by atoms with Crippen LogP contribution < -0.4 is 5.32 Å². The van der Waals surface area contributed by atoms with Crippen LogP contribution in [0.15, 0.2) is 0 Å². The van der Waals surface area contributed by atoms with E-state index in [-0.39, 0.29) is 30.0 Å².